The molecule has 0 radical (unpaired) electrons. The zero-order chi connectivity index (χ0) is 22.6. The highest BCUT2D eigenvalue weighted by molar-refractivity contribution is 7.93. The fourth-order valence-electron chi connectivity index (χ4n) is 3.59. The van der Waals surface area contributed by atoms with Crippen molar-refractivity contribution >= 4 is 42.8 Å². The van der Waals surface area contributed by atoms with Crippen LogP contribution in [-0.4, -0.2) is 42.3 Å². The van der Waals surface area contributed by atoms with Crippen LogP contribution in [0, 0.1) is 5.82 Å². The number of benzene rings is 2. The molecule has 3 aromatic rings. The van der Waals surface area contributed by atoms with Crippen LogP contribution in [0.4, 0.5) is 15.8 Å². The van der Waals surface area contributed by atoms with Crippen molar-refractivity contribution in [3.8, 4) is 0 Å². The van der Waals surface area contributed by atoms with E-state index >= 15 is 0 Å². The Morgan fingerprint density at radius 2 is 1.61 bits per heavy atom. The summed E-state index contributed by atoms with van der Waals surface area (Å²) >= 11 is 1.41. The maximum absolute atomic E-state index is 14.6. The van der Waals surface area contributed by atoms with E-state index in [0.29, 0.717) is 5.56 Å². The molecule has 0 aliphatic carbocycles. The lowest BCUT2D eigenvalue weighted by Gasteiger charge is -2.29. The Kier molecular flexibility index (Phi) is 5.32. The van der Waals surface area contributed by atoms with E-state index in [0.717, 1.165) is 4.31 Å². The molecule has 164 valence electrons. The van der Waals surface area contributed by atoms with Crippen molar-refractivity contribution in [3.63, 3.8) is 0 Å². The maximum atomic E-state index is 14.6. The fourth-order valence-corrected chi connectivity index (χ4v) is 6.80. The van der Waals surface area contributed by atoms with Gasteiger partial charge in [-0.2, -0.15) is 11.3 Å². The van der Waals surface area contributed by atoms with Gasteiger partial charge < -0.3 is 4.90 Å². The van der Waals surface area contributed by atoms with E-state index in [2.05, 4.69) is 0 Å². The van der Waals surface area contributed by atoms with Gasteiger partial charge in [-0.1, -0.05) is 6.07 Å². The quantitative estimate of drug-likeness (QED) is 0.558. The van der Waals surface area contributed by atoms with Crippen molar-refractivity contribution in [2.24, 2.45) is 0 Å². The average Bonchev–Trinajstić information content (AvgIpc) is 3.35. The van der Waals surface area contributed by atoms with Crippen molar-refractivity contribution in [2.75, 3.05) is 30.3 Å². The number of sulfonamides is 2. The van der Waals surface area contributed by atoms with Gasteiger partial charge in [0.15, 0.2) is 0 Å². The molecule has 2 aromatic carbocycles. The van der Waals surface area contributed by atoms with Gasteiger partial charge in [0, 0.05) is 26.7 Å². The predicted molar refractivity (Wildman–Crippen MR) is 119 cm³/mol. The summed E-state index contributed by atoms with van der Waals surface area (Å²) in [6.07, 6.45) is -0.770. The Balaban J connectivity index is 1.85. The molecule has 0 N–H and O–H groups in total. The maximum Gasteiger partial charge on any atom is 0.266 e. The van der Waals surface area contributed by atoms with E-state index in [1.165, 1.54) is 66.1 Å². The average molecular weight is 482 g/mol. The minimum atomic E-state index is -4.14. The molecule has 1 unspecified atom stereocenters. The van der Waals surface area contributed by atoms with Crippen molar-refractivity contribution in [1.29, 1.82) is 0 Å². The first-order chi connectivity index (χ1) is 14.6. The molecule has 1 aliphatic rings. The third kappa shape index (κ3) is 3.41. The highest BCUT2D eigenvalue weighted by atomic mass is 32.2. The molecule has 4 rings (SSSR count). The van der Waals surface area contributed by atoms with E-state index in [9.17, 15) is 21.2 Å². The molecule has 11 heteroatoms. The summed E-state index contributed by atoms with van der Waals surface area (Å²) in [4.78, 5) is 1.49. The number of hydrogen-bond acceptors (Lipinski definition) is 6. The molecule has 0 amide bonds. The lowest BCUT2D eigenvalue weighted by Crippen LogP contribution is -2.37. The number of rotatable bonds is 5. The van der Waals surface area contributed by atoms with E-state index < -0.39 is 32.0 Å². The minimum Gasteiger partial charge on any atom is -0.346 e. The summed E-state index contributed by atoms with van der Waals surface area (Å²) in [6, 6.07) is 11.1. The first-order valence-electron chi connectivity index (χ1n) is 9.17. The first kappa shape index (κ1) is 21.8. The van der Waals surface area contributed by atoms with Gasteiger partial charge in [-0.05, 0) is 53.2 Å². The Morgan fingerprint density at radius 1 is 0.968 bits per heavy atom. The lowest BCUT2D eigenvalue weighted by molar-refractivity contribution is 0.520. The van der Waals surface area contributed by atoms with Crippen molar-refractivity contribution < 1.29 is 21.2 Å². The summed E-state index contributed by atoms with van der Waals surface area (Å²) < 4.78 is 68.9. The van der Waals surface area contributed by atoms with Crippen LogP contribution in [0.3, 0.4) is 0 Å². The second-order valence-corrected chi connectivity index (χ2v) is 12.0. The topological polar surface area (TPSA) is 78.0 Å². The molecule has 0 bridgehead atoms. The van der Waals surface area contributed by atoms with E-state index in [-0.39, 0.29) is 21.2 Å². The molecule has 0 saturated heterocycles. The molecule has 1 atom stereocenters. The van der Waals surface area contributed by atoms with Crippen LogP contribution in [0.5, 0.6) is 0 Å². The number of thiophene rings is 1. The number of anilines is 2. The van der Waals surface area contributed by atoms with Gasteiger partial charge in [0.05, 0.1) is 21.2 Å². The number of fused-ring (bicyclic) bond motifs is 1. The van der Waals surface area contributed by atoms with Crippen LogP contribution in [0.2, 0.25) is 0 Å². The van der Waals surface area contributed by atoms with Gasteiger partial charge in [0.1, 0.15) is 12.0 Å². The number of nitrogens with zero attached hydrogens (tertiary/aromatic N) is 3. The molecule has 1 aromatic heterocycles. The molecule has 0 saturated carbocycles. The number of hydrogen-bond donors (Lipinski definition) is 0. The second kappa shape index (κ2) is 7.59. The van der Waals surface area contributed by atoms with Gasteiger partial charge in [0.25, 0.3) is 10.0 Å². The minimum absolute atomic E-state index is 0.0178. The largest absolute Gasteiger partial charge is 0.346 e. The summed E-state index contributed by atoms with van der Waals surface area (Å²) in [7, 11) is -3.39. The van der Waals surface area contributed by atoms with Gasteiger partial charge in [-0.3, -0.25) is 0 Å². The predicted octanol–water partition coefficient (Wildman–Crippen LogP) is 3.48. The Morgan fingerprint density at radius 3 is 2.19 bits per heavy atom. The van der Waals surface area contributed by atoms with Gasteiger partial charge in [-0.25, -0.2) is 29.8 Å². The third-order valence-corrected chi connectivity index (χ3v) is 9.46. The number of para-hydroxylation sites is 1. The van der Waals surface area contributed by atoms with Crippen LogP contribution in [0.1, 0.15) is 11.7 Å². The SMILES string of the molecule is CN1c2c(F)cccc2N(S(=O)(=O)c2ccc(S(=O)(=O)N(C)C)cc2)C1c1ccsc1. The van der Waals surface area contributed by atoms with Crippen molar-refractivity contribution in [3.05, 3.63) is 70.7 Å². The molecule has 0 spiro atoms. The van der Waals surface area contributed by atoms with Crippen LogP contribution in [-0.2, 0) is 20.0 Å². The Bertz CT molecular complexity index is 1320. The highest BCUT2D eigenvalue weighted by Crippen LogP contribution is 2.49. The molecule has 0 fully saturated rings. The van der Waals surface area contributed by atoms with E-state index in [4.69, 9.17) is 0 Å². The van der Waals surface area contributed by atoms with E-state index in [1.807, 2.05) is 10.8 Å². The zero-order valence-corrected chi connectivity index (χ0v) is 19.4. The molecule has 1 aliphatic heterocycles. The van der Waals surface area contributed by atoms with Crippen LogP contribution < -0.4 is 9.21 Å². The highest BCUT2D eigenvalue weighted by Gasteiger charge is 2.44. The summed E-state index contributed by atoms with van der Waals surface area (Å²) in [6.45, 7) is 0. The Hall–Kier alpha value is -2.47. The smallest absolute Gasteiger partial charge is 0.266 e. The fraction of sp³-hybridized carbons (Fsp3) is 0.200. The van der Waals surface area contributed by atoms with Gasteiger partial charge >= 0.3 is 0 Å². The van der Waals surface area contributed by atoms with Gasteiger partial charge in [0.2, 0.25) is 10.0 Å². The lowest BCUT2D eigenvalue weighted by atomic mass is 10.2. The Labute approximate surface area is 185 Å². The van der Waals surface area contributed by atoms with Gasteiger partial charge in [-0.15, -0.1) is 0 Å². The normalized spacial score (nSPS) is 16.7. The molecular weight excluding hydrogens is 461 g/mol. The summed E-state index contributed by atoms with van der Waals surface area (Å²) in [5, 5.41) is 3.65. The first-order valence-corrected chi connectivity index (χ1v) is 13.0. The molecule has 7 nitrogen and oxygen atoms in total. The molecule has 2 heterocycles. The monoisotopic (exact) mass is 481 g/mol. The van der Waals surface area contributed by atoms with Crippen LogP contribution >= 0.6 is 11.3 Å². The van der Waals surface area contributed by atoms with Crippen LogP contribution in [0.15, 0.2) is 69.1 Å². The summed E-state index contributed by atoms with van der Waals surface area (Å²) in [5.74, 6) is -0.523. The standard InChI is InChI=1S/C20H20FN3O4S3/c1-22(2)30(25,26)15-7-9-16(10-8-15)31(27,28)24-18-6-4-5-17(21)19(18)23(3)20(24)14-11-12-29-13-14/h4-13,20H,1-3H3. The van der Waals surface area contributed by atoms with Crippen molar-refractivity contribution in [1.82, 2.24) is 4.31 Å². The third-order valence-electron chi connectivity index (χ3n) is 5.15. The summed E-state index contributed by atoms with van der Waals surface area (Å²) in [5.41, 5.74) is 1.12. The zero-order valence-electron chi connectivity index (χ0n) is 16.9. The number of halogens is 1. The van der Waals surface area contributed by atoms with Crippen LogP contribution in [0.25, 0.3) is 0 Å². The molecular formula is C20H20FN3O4S3. The second-order valence-electron chi connectivity index (χ2n) is 7.21. The molecule has 31 heavy (non-hydrogen) atoms. The van der Waals surface area contributed by atoms with E-state index in [1.54, 1.807) is 24.1 Å². The van der Waals surface area contributed by atoms with Crippen molar-refractivity contribution in [2.45, 2.75) is 16.0 Å².